The van der Waals surface area contributed by atoms with Crippen LogP contribution >= 0.6 is 11.8 Å². The van der Waals surface area contributed by atoms with Crippen molar-refractivity contribution in [3.05, 3.63) is 0 Å². The third-order valence-corrected chi connectivity index (χ3v) is 2.74. The van der Waals surface area contributed by atoms with Crippen molar-refractivity contribution < 1.29 is 14.6 Å². The molecule has 1 unspecified atom stereocenters. The quantitative estimate of drug-likeness (QED) is 0.447. The highest BCUT2D eigenvalue weighted by atomic mass is 32.2. The highest BCUT2D eigenvalue weighted by molar-refractivity contribution is 7.98. The van der Waals surface area contributed by atoms with Crippen molar-refractivity contribution in [2.24, 2.45) is 0 Å². The van der Waals surface area contributed by atoms with Crippen LogP contribution in [0.1, 0.15) is 26.2 Å². The van der Waals surface area contributed by atoms with E-state index in [9.17, 15) is 9.90 Å². The zero-order chi connectivity index (χ0) is 12.2. The number of esters is 1. The number of unbranched alkanes of at least 4 members (excludes halogenated alkanes) is 1. The molecule has 0 aliphatic carbocycles. The molecule has 16 heavy (non-hydrogen) atoms. The molecule has 2 N–H and O–H groups in total. The molecule has 1 atom stereocenters. The van der Waals surface area contributed by atoms with Crippen LogP contribution in [0, 0.1) is 0 Å². The van der Waals surface area contributed by atoms with Gasteiger partial charge in [-0.2, -0.15) is 11.8 Å². The van der Waals surface area contributed by atoms with Crippen LogP contribution in [-0.4, -0.2) is 48.9 Å². The SMILES string of the molecule is CCOC(=O)CC(O)CNCCCCSC. The number of hydrogen-bond acceptors (Lipinski definition) is 5. The van der Waals surface area contributed by atoms with Gasteiger partial charge in [0.1, 0.15) is 0 Å². The van der Waals surface area contributed by atoms with Crippen LogP contribution in [0.3, 0.4) is 0 Å². The molecule has 5 heteroatoms. The second-order valence-electron chi connectivity index (χ2n) is 3.57. The molecule has 96 valence electrons. The molecule has 0 bridgehead atoms. The zero-order valence-corrected chi connectivity index (χ0v) is 11.0. The predicted octanol–water partition coefficient (Wildman–Crippen LogP) is 1.03. The molecule has 0 aromatic heterocycles. The van der Waals surface area contributed by atoms with Crippen molar-refractivity contribution in [2.75, 3.05) is 31.7 Å². The second kappa shape index (κ2) is 11.2. The lowest BCUT2D eigenvalue weighted by atomic mass is 10.2. The summed E-state index contributed by atoms with van der Waals surface area (Å²) in [7, 11) is 0. The van der Waals surface area contributed by atoms with E-state index in [0.717, 1.165) is 13.0 Å². The second-order valence-corrected chi connectivity index (χ2v) is 4.55. The number of nitrogens with one attached hydrogen (secondary N) is 1. The summed E-state index contributed by atoms with van der Waals surface area (Å²) in [6, 6.07) is 0. The van der Waals surface area contributed by atoms with E-state index in [4.69, 9.17) is 4.74 Å². The van der Waals surface area contributed by atoms with Crippen LogP contribution < -0.4 is 5.32 Å². The van der Waals surface area contributed by atoms with E-state index in [0.29, 0.717) is 13.2 Å². The van der Waals surface area contributed by atoms with E-state index in [1.165, 1.54) is 12.2 Å². The minimum Gasteiger partial charge on any atom is -0.466 e. The van der Waals surface area contributed by atoms with Crippen LogP contribution in [0.15, 0.2) is 0 Å². The fourth-order valence-corrected chi connectivity index (χ4v) is 1.74. The molecule has 0 aliphatic rings. The molecule has 0 saturated heterocycles. The van der Waals surface area contributed by atoms with Gasteiger partial charge in [-0.3, -0.25) is 4.79 Å². The number of carbonyl (C=O) groups excluding carboxylic acids is 1. The summed E-state index contributed by atoms with van der Waals surface area (Å²) >= 11 is 1.84. The van der Waals surface area contributed by atoms with Crippen molar-refractivity contribution in [1.82, 2.24) is 5.32 Å². The average molecular weight is 249 g/mol. The van der Waals surface area contributed by atoms with Crippen LogP contribution in [0.5, 0.6) is 0 Å². The number of aliphatic hydroxyl groups excluding tert-OH is 1. The van der Waals surface area contributed by atoms with Gasteiger partial charge in [-0.15, -0.1) is 0 Å². The van der Waals surface area contributed by atoms with E-state index >= 15 is 0 Å². The number of rotatable bonds is 10. The Morgan fingerprint density at radius 3 is 2.88 bits per heavy atom. The molecule has 0 saturated carbocycles. The van der Waals surface area contributed by atoms with E-state index in [-0.39, 0.29) is 12.4 Å². The highest BCUT2D eigenvalue weighted by Gasteiger charge is 2.10. The Bertz CT molecular complexity index is 179. The van der Waals surface area contributed by atoms with Crippen LogP contribution in [0.2, 0.25) is 0 Å². The van der Waals surface area contributed by atoms with Crippen molar-refractivity contribution in [3.8, 4) is 0 Å². The van der Waals surface area contributed by atoms with E-state index < -0.39 is 6.10 Å². The maximum Gasteiger partial charge on any atom is 0.308 e. The Labute approximate surface area is 102 Å². The summed E-state index contributed by atoms with van der Waals surface area (Å²) in [5.41, 5.74) is 0. The molecular formula is C11H23NO3S. The largest absolute Gasteiger partial charge is 0.466 e. The smallest absolute Gasteiger partial charge is 0.308 e. The third kappa shape index (κ3) is 10.3. The van der Waals surface area contributed by atoms with Gasteiger partial charge >= 0.3 is 5.97 Å². The van der Waals surface area contributed by atoms with Crippen molar-refractivity contribution in [3.63, 3.8) is 0 Å². The Hall–Kier alpha value is -0.260. The Kier molecular flexibility index (Phi) is 11.0. The first-order valence-corrected chi connectivity index (χ1v) is 7.13. The molecule has 0 aliphatic heterocycles. The number of aliphatic hydroxyl groups is 1. The topological polar surface area (TPSA) is 58.6 Å². The molecule has 4 nitrogen and oxygen atoms in total. The lowest BCUT2D eigenvalue weighted by Crippen LogP contribution is -2.30. The van der Waals surface area contributed by atoms with Gasteiger partial charge in [-0.1, -0.05) is 0 Å². The lowest BCUT2D eigenvalue weighted by molar-refractivity contribution is -0.145. The van der Waals surface area contributed by atoms with Gasteiger partial charge in [0.25, 0.3) is 0 Å². The van der Waals surface area contributed by atoms with Crippen molar-refractivity contribution in [2.45, 2.75) is 32.3 Å². The zero-order valence-electron chi connectivity index (χ0n) is 10.2. The molecule has 0 heterocycles. The summed E-state index contributed by atoms with van der Waals surface area (Å²) in [6.07, 6.45) is 3.82. The number of hydrogen-bond donors (Lipinski definition) is 2. The van der Waals surface area contributed by atoms with Crippen LogP contribution in [0.4, 0.5) is 0 Å². The first-order valence-electron chi connectivity index (χ1n) is 5.74. The summed E-state index contributed by atoms with van der Waals surface area (Å²) in [5.74, 6) is 0.840. The molecule has 0 amide bonds. The number of carbonyl (C=O) groups is 1. The predicted molar refractivity (Wildman–Crippen MR) is 67.7 cm³/mol. The lowest BCUT2D eigenvalue weighted by Gasteiger charge is -2.10. The minimum atomic E-state index is -0.639. The fraction of sp³-hybridized carbons (Fsp3) is 0.909. The highest BCUT2D eigenvalue weighted by Crippen LogP contribution is 1.98. The molecular weight excluding hydrogens is 226 g/mol. The minimum absolute atomic E-state index is 0.0751. The van der Waals surface area contributed by atoms with E-state index in [2.05, 4.69) is 11.6 Å². The maximum atomic E-state index is 11.0. The molecule has 0 aromatic rings. The fourth-order valence-electron chi connectivity index (χ4n) is 1.25. The maximum absolute atomic E-state index is 11.0. The third-order valence-electron chi connectivity index (χ3n) is 2.04. The van der Waals surface area contributed by atoms with Crippen molar-refractivity contribution in [1.29, 1.82) is 0 Å². The first kappa shape index (κ1) is 15.7. The van der Waals surface area contributed by atoms with Gasteiger partial charge in [0.2, 0.25) is 0 Å². The summed E-state index contributed by atoms with van der Waals surface area (Å²) in [6.45, 7) is 3.47. The summed E-state index contributed by atoms with van der Waals surface area (Å²) < 4.78 is 4.74. The number of ether oxygens (including phenoxy) is 1. The van der Waals surface area contributed by atoms with Gasteiger partial charge in [-0.05, 0) is 38.3 Å². The average Bonchev–Trinajstić information content (AvgIpc) is 2.23. The van der Waals surface area contributed by atoms with Gasteiger partial charge in [0.05, 0.1) is 19.1 Å². The molecule has 0 radical (unpaired) electrons. The first-order chi connectivity index (χ1) is 7.70. The van der Waals surface area contributed by atoms with E-state index in [1.807, 2.05) is 11.8 Å². The van der Waals surface area contributed by atoms with Gasteiger partial charge in [0.15, 0.2) is 0 Å². The molecule has 0 spiro atoms. The molecule has 0 aromatic carbocycles. The monoisotopic (exact) mass is 249 g/mol. The van der Waals surface area contributed by atoms with Gasteiger partial charge < -0.3 is 15.2 Å². The normalized spacial score (nSPS) is 12.4. The van der Waals surface area contributed by atoms with Gasteiger partial charge in [0, 0.05) is 6.54 Å². The molecule has 0 rings (SSSR count). The Morgan fingerprint density at radius 2 is 2.25 bits per heavy atom. The Morgan fingerprint density at radius 1 is 1.50 bits per heavy atom. The number of thioether (sulfide) groups is 1. The van der Waals surface area contributed by atoms with Crippen LogP contribution in [0.25, 0.3) is 0 Å². The molecule has 0 fully saturated rings. The standard InChI is InChI=1S/C11H23NO3S/c1-3-15-11(14)8-10(13)9-12-6-4-5-7-16-2/h10,12-13H,3-9H2,1-2H3. The Balaban J connectivity index is 3.29. The van der Waals surface area contributed by atoms with Crippen molar-refractivity contribution >= 4 is 17.7 Å². The summed E-state index contributed by atoms with van der Waals surface area (Å²) in [4.78, 5) is 11.0. The summed E-state index contributed by atoms with van der Waals surface area (Å²) in [5, 5.41) is 12.6. The van der Waals surface area contributed by atoms with Gasteiger partial charge in [-0.25, -0.2) is 0 Å². The van der Waals surface area contributed by atoms with E-state index in [1.54, 1.807) is 6.92 Å². The van der Waals surface area contributed by atoms with Crippen LogP contribution in [-0.2, 0) is 9.53 Å².